The highest BCUT2D eigenvalue weighted by molar-refractivity contribution is 5.85. The van der Waals surface area contributed by atoms with Crippen LogP contribution < -0.4 is 0 Å². The summed E-state index contributed by atoms with van der Waals surface area (Å²) in [6.45, 7) is 2.68. The zero-order valence-electron chi connectivity index (χ0n) is 17.2. The molecule has 0 amide bonds. The van der Waals surface area contributed by atoms with E-state index in [1.807, 2.05) is 30.3 Å². The number of nitro groups is 1. The largest absolute Gasteiger partial charge is 0.283 e. The minimum atomic E-state index is -0.260. The zero-order chi connectivity index (χ0) is 19.6. The lowest BCUT2D eigenvalue weighted by Crippen LogP contribution is -2.14. The molecule has 0 aliphatic heterocycles. The first-order valence-electron chi connectivity index (χ1n) is 10.9. The van der Waals surface area contributed by atoms with Crippen LogP contribution in [0.1, 0.15) is 96.0 Å². The van der Waals surface area contributed by atoms with E-state index in [9.17, 15) is 10.1 Å². The van der Waals surface area contributed by atoms with Gasteiger partial charge in [0.05, 0.1) is 12.3 Å². The van der Waals surface area contributed by atoms with Gasteiger partial charge >= 0.3 is 0 Å². The van der Waals surface area contributed by atoms with Gasteiger partial charge in [0.2, 0.25) is 6.54 Å². The number of nitrogens with zero attached hydrogens (tertiary/aromatic N) is 2. The van der Waals surface area contributed by atoms with Gasteiger partial charge in [-0.15, -0.1) is 0 Å². The molecule has 0 radical (unpaired) electrons. The Morgan fingerprint density at radius 1 is 0.852 bits per heavy atom. The predicted molar refractivity (Wildman–Crippen MR) is 115 cm³/mol. The van der Waals surface area contributed by atoms with Crippen molar-refractivity contribution in [1.82, 2.24) is 0 Å². The summed E-state index contributed by atoms with van der Waals surface area (Å²) in [7, 11) is 0. The van der Waals surface area contributed by atoms with Crippen LogP contribution in [-0.2, 0) is 6.54 Å². The van der Waals surface area contributed by atoms with Crippen LogP contribution in [0.25, 0.3) is 0 Å². The molecule has 27 heavy (non-hydrogen) atoms. The zero-order valence-corrected chi connectivity index (χ0v) is 17.2. The van der Waals surface area contributed by atoms with Crippen LogP contribution in [0.15, 0.2) is 35.3 Å². The van der Waals surface area contributed by atoms with Gasteiger partial charge < -0.3 is 0 Å². The van der Waals surface area contributed by atoms with Crippen molar-refractivity contribution in [3.63, 3.8) is 0 Å². The van der Waals surface area contributed by atoms with Crippen LogP contribution in [-0.4, -0.2) is 17.2 Å². The van der Waals surface area contributed by atoms with E-state index >= 15 is 0 Å². The Labute approximate surface area is 165 Å². The Morgan fingerprint density at radius 3 is 1.89 bits per heavy atom. The summed E-state index contributed by atoms with van der Waals surface area (Å²) in [6.07, 6.45) is 16.4. The highest BCUT2D eigenvalue weighted by Crippen LogP contribution is 2.13. The van der Waals surface area contributed by atoms with Crippen LogP contribution in [0.4, 0.5) is 0 Å². The van der Waals surface area contributed by atoms with Crippen molar-refractivity contribution in [2.75, 3.05) is 6.54 Å². The molecule has 1 aromatic rings. The lowest BCUT2D eigenvalue weighted by molar-refractivity contribution is -0.463. The topological polar surface area (TPSA) is 55.5 Å². The van der Waals surface area contributed by atoms with Gasteiger partial charge in [-0.3, -0.25) is 15.1 Å². The Morgan fingerprint density at radius 2 is 1.37 bits per heavy atom. The van der Waals surface area contributed by atoms with Crippen molar-refractivity contribution >= 4 is 5.71 Å². The quantitative estimate of drug-likeness (QED) is 0.128. The van der Waals surface area contributed by atoms with Crippen molar-refractivity contribution in [3.8, 4) is 0 Å². The standard InChI is InChI=1S/C23H38N2O2/c1-2-3-4-5-6-7-8-9-10-11-12-16-19-23(21-25(26)27)24-20-22-17-14-13-15-18-22/h13-15,17-18H,2-12,16,19-21H2,1H3. The van der Waals surface area contributed by atoms with Crippen molar-refractivity contribution in [1.29, 1.82) is 0 Å². The van der Waals surface area contributed by atoms with Crippen molar-refractivity contribution in [2.24, 2.45) is 4.99 Å². The average Bonchev–Trinajstić information content (AvgIpc) is 2.67. The van der Waals surface area contributed by atoms with Crippen LogP contribution in [0.5, 0.6) is 0 Å². The highest BCUT2D eigenvalue weighted by Gasteiger charge is 2.07. The molecule has 0 saturated heterocycles. The van der Waals surface area contributed by atoms with E-state index in [0.29, 0.717) is 6.54 Å². The number of rotatable bonds is 17. The molecular formula is C23H38N2O2. The number of aliphatic imine (C=N–C) groups is 1. The van der Waals surface area contributed by atoms with Crippen LogP contribution in [0, 0.1) is 10.1 Å². The fraction of sp³-hybridized carbons (Fsp3) is 0.696. The van der Waals surface area contributed by atoms with E-state index < -0.39 is 0 Å². The summed E-state index contributed by atoms with van der Waals surface area (Å²) in [5.74, 6) is 0. The molecular weight excluding hydrogens is 336 g/mol. The van der Waals surface area contributed by atoms with E-state index in [-0.39, 0.29) is 11.5 Å². The molecule has 0 aliphatic carbocycles. The number of hydrogen-bond acceptors (Lipinski definition) is 3. The average molecular weight is 375 g/mol. The Bertz CT molecular complexity index is 514. The maximum atomic E-state index is 10.9. The van der Waals surface area contributed by atoms with Crippen LogP contribution >= 0.6 is 0 Å². The molecule has 1 aromatic carbocycles. The Kier molecular flexibility index (Phi) is 14.2. The first-order chi connectivity index (χ1) is 13.2. The Balaban J connectivity index is 2.09. The molecule has 0 fully saturated rings. The van der Waals surface area contributed by atoms with E-state index in [1.54, 1.807) is 0 Å². The first kappa shape index (κ1) is 23.3. The van der Waals surface area contributed by atoms with Gasteiger partial charge in [-0.05, 0) is 18.4 Å². The van der Waals surface area contributed by atoms with Gasteiger partial charge in [-0.2, -0.15) is 0 Å². The fourth-order valence-corrected chi connectivity index (χ4v) is 3.31. The molecule has 0 bridgehead atoms. The van der Waals surface area contributed by atoms with Crippen molar-refractivity contribution < 1.29 is 4.92 Å². The number of unbranched alkanes of at least 4 members (excludes halogenated alkanes) is 11. The maximum Gasteiger partial charge on any atom is 0.241 e. The van der Waals surface area contributed by atoms with Crippen molar-refractivity contribution in [3.05, 3.63) is 46.0 Å². The summed E-state index contributed by atoms with van der Waals surface area (Å²) >= 11 is 0. The molecule has 0 unspecified atom stereocenters. The summed E-state index contributed by atoms with van der Waals surface area (Å²) in [5, 5.41) is 10.9. The van der Waals surface area contributed by atoms with E-state index in [0.717, 1.165) is 30.5 Å². The summed E-state index contributed by atoms with van der Waals surface area (Å²) in [5.41, 5.74) is 1.84. The van der Waals surface area contributed by atoms with Gasteiger partial charge in [0.15, 0.2) is 0 Å². The second-order valence-corrected chi connectivity index (χ2v) is 7.50. The van der Waals surface area contributed by atoms with Gasteiger partial charge in [0.25, 0.3) is 0 Å². The molecule has 152 valence electrons. The molecule has 4 heteroatoms. The van der Waals surface area contributed by atoms with Crippen molar-refractivity contribution in [2.45, 2.75) is 96.9 Å². The first-order valence-corrected chi connectivity index (χ1v) is 10.9. The number of hydrogen-bond donors (Lipinski definition) is 0. The second kappa shape index (κ2) is 16.5. The molecule has 0 heterocycles. The smallest absolute Gasteiger partial charge is 0.241 e. The molecule has 0 aliphatic rings. The van der Waals surface area contributed by atoms with E-state index in [4.69, 9.17) is 0 Å². The predicted octanol–water partition coefficient (Wildman–Crippen LogP) is 7.00. The lowest BCUT2D eigenvalue weighted by Gasteiger charge is -2.05. The molecule has 0 spiro atoms. The third-order valence-electron chi connectivity index (χ3n) is 4.96. The Hall–Kier alpha value is -1.71. The summed E-state index contributed by atoms with van der Waals surface area (Å²) in [6, 6.07) is 9.94. The van der Waals surface area contributed by atoms with E-state index in [1.165, 1.54) is 64.2 Å². The molecule has 0 saturated carbocycles. The van der Waals surface area contributed by atoms with Crippen LogP contribution in [0.3, 0.4) is 0 Å². The van der Waals surface area contributed by atoms with Gasteiger partial charge in [-0.1, -0.05) is 108 Å². The third kappa shape index (κ3) is 14.1. The minimum Gasteiger partial charge on any atom is -0.283 e. The van der Waals surface area contributed by atoms with Gasteiger partial charge in [0.1, 0.15) is 0 Å². The third-order valence-corrected chi connectivity index (χ3v) is 4.96. The second-order valence-electron chi connectivity index (χ2n) is 7.50. The van der Waals surface area contributed by atoms with Crippen LogP contribution in [0.2, 0.25) is 0 Å². The van der Waals surface area contributed by atoms with Gasteiger partial charge in [-0.25, -0.2) is 0 Å². The summed E-state index contributed by atoms with van der Waals surface area (Å²) < 4.78 is 0. The molecule has 0 N–H and O–H groups in total. The SMILES string of the molecule is CCCCCCCCCCCCCCC(C[N+](=O)[O-])=NCc1ccccc1. The highest BCUT2D eigenvalue weighted by atomic mass is 16.6. The molecule has 4 nitrogen and oxygen atoms in total. The fourth-order valence-electron chi connectivity index (χ4n) is 3.31. The molecule has 0 aromatic heterocycles. The maximum absolute atomic E-state index is 10.9. The molecule has 1 rings (SSSR count). The van der Waals surface area contributed by atoms with Gasteiger partial charge in [0, 0.05) is 4.92 Å². The molecule has 0 atom stereocenters. The lowest BCUT2D eigenvalue weighted by atomic mass is 10.0. The van der Waals surface area contributed by atoms with E-state index in [2.05, 4.69) is 11.9 Å². The summed E-state index contributed by atoms with van der Waals surface area (Å²) in [4.78, 5) is 15.1. The minimum absolute atomic E-state index is 0.120. The normalized spacial score (nSPS) is 11.7. The monoisotopic (exact) mass is 374 g/mol. The number of benzene rings is 1.